The highest BCUT2D eigenvalue weighted by Gasteiger charge is 2.22. The van der Waals surface area contributed by atoms with Crippen LogP contribution in [0.2, 0.25) is 0 Å². The summed E-state index contributed by atoms with van der Waals surface area (Å²) in [4.78, 5) is 25.7. The van der Waals surface area contributed by atoms with Crippen molar-refractivity contribution < 1.29 is 9.72 Å². The number of nitrogens with two attached hydrogens (primary N) is 1. The third-order valence-electron chi connectivity index (χ3n) is 2.83. The number of carbonyl (C=O) groups is 1. The molecule has 1 aliphatic heterocycles. The van der Waals surface area contributed by atoms with Crippen molar-refractivity contribution in [3.63, 3.8) is 0 Å². The third kappa shape index (κ3) is 4.14. The van der Waals surface area contributed by atoms with Crippen molar-refractivity contribution in [3.8, 4) is 0 Å². The van der Waals surface area contributed by atoms with Gasteiger partial charge in [-0.2, -0.15) is 0 Å². The van der Waals surface area contributed by atoms with Crippen molar-refractivity contribution >= 4 is 23.2 Å². The van der Waals surface area contributed by atoms with E-state index in [1.165, 1.54) is 18.2 Å². The number of non-ortho nitro benzene ring substituents is 1. The number of nitrogens with one attached hydrogen (secondary N) is 3. The van der Waals surface area contributed by atoms with Crippen molar-refractivity contribution in [1.82, 2.24) is 10.6 Å². The van der Waals surface area contributed by atoms with Crippen LogP contribution in [0.3, 0.4) is 0 Å². The Kier molecular flexibility index (Phi) is 4.33. The summed E-state index contributed by atoms with van der Waals surface area (Å²) in [6.45, 7) is 1.87. The Hall–Kier alpha value is -2.68. The average molecular weight is 292 g/mol. The molecule has 5 N–H and O–H groups in total. The summed E-state index contributed by atoms with van der Waals surface area (Å²) in [7, 11) is 0. The highest BCUT2D eigenvalue weighted by molar-refractivity contribution is 5.92. The van der Waals surface area contributed by atoms with Gasteiger partial charge in [-0.1, -0.05) is 6.07 Å². The molecule has 21 heavy (non-hydrogen) atoms. The molecule has 0 saturated carbocycles. The lowest BCUT2D eigenvalue weighted by Crippen LogP contribution is -2.55. The maximum atomic E-state index is 11.4. The Balaban J connectivity index is 2.05. The molecular weight excluding hydrogens is 276 g/mol. The monoisotopic (exact) mass is 292 g/mol. The van der Waals surface area contributed by atoms with Crippen LogP contribution in [0.1, 0.15) is 13.3 Å². The number of nitro groups is 1. The zero-order chi connectivity index (χ0) is 15.4. The van der Waals surface area contributed by atoms with Crippen molar-refractivity contribution in [1.29, 1.82) is 0 Å². The van der Waals surface area contributed by atoms with Crippen LogP contribution in [0, 0.1) is 10.1 Å². The Morgan fingerprint density at radius 1 is 1.57 bits per heavy atom. The summed E-state index contributed by atoms with van der Waals surface area (Å²) >= 11 is 0. The standard InChI is InChI=1S/C12H16N6O3/c1-7-5-10(19)16-12(14-7)17-11(13)15-8-3-2-4-9(6-8)18(20)21/h2-4,6-7,12,14H,5H2,1H3,(H,16,19)(H3,13,15,17). The van der Waals surface area contributed by atoms with E-state index >= 15 is 0 Å². The maximum Gasteiger partial charge on any atom is 0.271 e. The summed E-state index contributed by atoms with van der Waals surface area (Å²) in [5.41, 5.74) is 6.13. The fourth-order valence-electron chi connectivity index (χ4n) is 1.95. The molecule has 1 heterocycles. The molecular formula is C12H16N6O3. The van der Waals surface area contributed by atoms with Crippen LogP contribution in [0.4, 0.5) is 11.4 Å². The molecule has 0 bridgehead atoms. The van der Waals surface area contributed by atoms with Crippen LogP contribution in [-0.2, 0) is 4.79 Å². The van der Waals surface area contributed by atoms with Gasteiger partial charge in [0.2, 0.25) is 5.91 Å². The molecule has 0 spiro atoms. The van der Waals surface area contributed by atoms with E-state index in [0.29, 0.717) is 12.1 Å². The number of anilines is 1. The molecule has 1 saturated heterocycles. The van der Waals surface area contributed by atoms with E-state index in [0.717, 1.165) is 0 Å². The van der Waals surface area contributed by atoms with Gasteiger partial charge in [-0.3, -0.25) is 20.2 Å². The maximum absolute atomic E-state index is 11.4. The van der Waals surface area contributed by atoms with E-state index in [-0.39, 0.29) is 23.6 Å². The normalized spacial score (nSPS) is 22.5. The molecule has 1 aromatic carbocycles. The SMILES string of the molecule is CC1CC(=O)NC(/N=C(\N)Nc2cccc([N+](=O)[O-])c2)N1. The van der Waals surface area contributed by atoms with E-state index in [9.17, 15) is 14.9 Å². The van der Waals surface area contributed by atoms with Gasteiger partial charge in [0.15, 0.2) is 12.2 Å². The van der Waals surface area contributed by atoms with Gasteiger partial charge in [0.05, 0.1) is 4.92 Å². The Bertz CT molecular complexity index is 588. The first-order valence-electron chi connectivity index (χ1n) is 6.34. The van der Waals surface area contributed by atoms with Crippen molar-refractivity contribution in [3.05, 3.63) is 34.4 Å². The summed E-state index contributed by atoms with van der Waals surface area (Å²) in [5, 5.41) is 19.1. The topological polar surface area (TPSA) is 135 Å². The van der Waals surface area contributed by atoms with Gasteiger partial charge >= 0.3 is 0 Å². The molecule has 0 radical (unpaired) electrons. The molecule has 2 atom stereocenters. The van der Waals surface area contributed by atoms with Crippen LogP contribution < -0.4 is 21.7 Å². The second kappa shape index (κ2) is 6.18. The van der Waals surface area contributed by atoms with Crippen LogP contribution in [-0.4, -0.2) is 29.1 Å². The highest BCUT2D eigenvalue weighted by atomic mass is 16.6. The van der Waals surface area contributed by atoms with Crippen LogP contribution in [0.5, 0.6) is 0 Å². The molecule has 0 aromatic heterocycles. The number of rotatable bonds is 3. The van der Waals surface area contributed by atoms with Gasteiger partial charge in [0.25, 0.3) is 5.69 Å². The van der Waals surface area contributed by atoms with E-state index in [4.69, 9.17) is 5.73 Å². The number of amides is 1. The molecule has 2 unspecified atom stereocenters. The summed E-state index contributed by atoms with van der Waals surface area (Å²) in [6, 6.07) is 5.89. The van der Waals surface area contributed by atoms with Crippen LogP contribution in [0.25, 0.3) is 0 Å². The number of carbonyl (C=O) groups excluding carboxylic acids is 1. The number of nitro benzene ring substituents is 1. The van der Waals surface area contributed by atoms with Gasteiger partial charge in [-0.25, -0.2) is 4.99 Å². The van der Waals surface area contributed by atoms with Gasteiger partial charge in [-0.05, 0) is 13.0 Å². The molecule has 0 aliphatic carbocycles. The number of benzene rings is 1. The van der Waals surface area contributed by atoms with E-state index in [1.54, 1.807) is 6.07 Å². The first kappa shape index (κ1) is 14.7. The number of hydrogen-bond acceptors (Lipinski definition) is 5. The second-order valence-electron chi connectivity index (χ2n) is 4.69. The molecule has 1 aromatic rings. The predicted octanol–water partition coefficient (Wildman–Crippen LogP) is 0.103. The molecule has 112 valence electrons. The van der Waals surface area contributed by atoms with Gasteiger partial charge < -0.3 is 16.4 Å². The van der Waals surface area contributed by atoms with Crippen molar-refractivity contribution in [2.24, 2.45) is 10.7 Å². The smallest absolute Gasteiger partial charge is 0.271 e. The Morgan fingerprint density at radius 3 is 3.00 bits per heavy atom. The number of nitrogens with zero attached hydrogens (tertiary/aromatic N) is 2. The fourth-order valence-corrected chi connectivity index (χ4v) is 1.95. The molecule has 1 fully saturated rings. The quantitative estimate of drug-likeness (QED) is 0.270. The summed E-state index contributed by atoms with van der Waals surface area (Å²) < 4.78 is 0. The highest BCUT2D eigenvalue weighted by Crippen LogP contribution is 2.16. The van der Waals surface area contributed by atoms with Gasteiger partial charge in [-0.15, -0.1) is 0 Å². The third-order valence-corrected chi connectivity index (χ3v) is 2.83. The zero-order valence-corrected chi connectivity index (χ0v) is 11.4. The molecule has 2 rings (SSSR count). The summed E-state index contributed by atoms with van der Waals surface area (Å²) in [6.07, 6.45) is -0.239. The van der Waals surface area contributed by atoms with Crippen molar-refractivity contribution in [2.75, 3.05) is 5.32 Å². The van der Waals surface area contributed by atoms with E-state index in [2.05, 4.69) is 20.9 Å². The fraction of sp³-hybridized carbons (Fsp3) is 0.333. The lowest BCUT2D eigenvalue weighted by atomic mass is 10.2. The molecule has 9 heteroatoms. The van der Waals surface area contributed by atoms with Crippen LogP contribution in [0.15, 0.2) is 29.3 Å². The second-order valence-corrected chi connectivity index (χ2v) is 4.69. The number of aliphatic imine (C=N–C) groups is 1. The van der Waals surface area contributed by atoms with Gasteiger partial charge in [0, 0.05) is 30.3 Å². The van der Waals surface area contributed by atoms with Crippen molar-refractivity contribution in [2.45, 2.75) is 25.7 Å². The number of hydrogen-bond donors (Lipinski definition) is 4. The minimum Gasteiger partial charge on any atom is -0.370 e. The lowest BCUT2D eigenvalue weighted by molar-refractivity contribution is -0.384. The Labute approximate surface area is 120 Å². The Morgan fingerprint density at radius 2 is 2.33 bits per heavy atom. The summed E-state index contributed by atoms with van der Waals surface area (Å²) in [5.74, 6) is -0.0689. The number of guanidine groups is 1. The lowest BCUT2D eigenvalue weighted by Gasteiger charge is -2.26. The zero-order valence-electron chi connectivity index (χ0n) is 11.4. The minimum atomic E-state index is -0.618. The molecule has 9 nitrogen and oxygen atoms in total. The first-order valence-corrected chi connectivity index (χ1v) is 6.34. The van der Waals surface area contributed by atoms with E-state index in [1.807, 2.05) is 6.92 Å². The minimum absolute atomic E-state index is 0.00175. The molecule has 1 aliphatic rings. The van der Waals surface area contributed by atoms with E-state index < -0.39 is 11.2 Å². The largest absolute Gasteiger partial charge is 0.370 e. The van der Waals surface area contributed by atoms with Crippen LogP contribution >= 0.6 is 0 Å². The average Bonchev–Trinajstić information content (AvgIpc) is 2.37. The molecule has 1 amide bonds. The van der Waals surface area contributed by atoms with Gasteiger partial charge in [0.1, 0.15) is 0 Å². The predicted molar refractivity (Wildman–Crippen MR) is 77.5 cm³/mol. The first-order chi connectivity index (χ1) is 9.94.